The standard InChI is InChI=1S/C11H15ClN2S/c1-3-13-11(15)14-8(2)9-5-4-6-10(12)7-9/h4-8H,3H2,1-2H3,(H2,13,14,15). The zero-order chi connectivity index (χ0) is 11.3. The van der Waals surface area contributed by atoms with Crippen molar-refractivity contribution in [2.24, 2.45) is 0 Å². The van der Waals surface area contributed by atoms with Gasteiger partial charge in [-0.15, -0.1) is 0 Å². The van der Waals surface area contributed by atoms with Gasteiger partial charge in [-0.3, -0.25) is 0 Å². The second-order valence-corrected chi connectivity index (χ2v) is 4.13. The summed E-state index contributed by atoms with van der Waals surface area (Å²) in [5.74, 6) is 0. The van der Waals surface area contributed by atoms with Crippen molar-refractivity contribution in [1.82, 2.24) is 10.6 Å². The molecule has 1 unspecified atom stereocenters. The van der Waals surface area contributed by atoms with Gasteiger partial charge in [0.1, 0.15) is 0 Å². The predicted molar refractivity (Wildman–Crippen MR) is 69.3 cm³/mol. The first-order valence-electron chi connectivity index (χ1n) is 4.93. The Hall–Kier alpha value is -0.800. The van der Waals surface area contributed by atoms with E-state index >= 15 is 0 Å². The lowest BCUT2D eigenvalue weighted by atomic mass is 10.1. The van der Waals surface area contributed by atoms with Gasteiger partial charge in [-0.05, 0) is 43.8 Å². The summed E-state index contributed by atoms with van der Waals surface area (Å²) in [6.45, 7) is 4.89. The molecule has 0 aliphatic carbocycles. The minimum absolute atomic E-state index is 0.162. The third-order valence-electron chi connectivity index (χ3n) is 2.03. The van der Waals surface area contributed by atoms with Crippen molar-refractivity contribution in [3.63, 3.8) is 0 Å². The highest BCUT2D eigenvalue weighted by molar-refractivity contribution is 7.80. The zero-order valence-electron chi connectivity index (χ0n) is 8.88. The monoisotopic (exact) mass is 242 g/mol. The highest BCUT2D eigenvalue weighted by Gasteiger charge is 2.06. The lowest BCUT2D eigenvalue weighted by Crippen LogP contribution is -2.36. The van der Waals surface area contributed by atoms with Crippen molar-refractivity contribution in [3.05, 3.63) is 34.9 Å². The van der Waals surface area contributed by atoms with Crippen LogP contribution in [0.2, 0.25) is 5.02 Å². The third-order valence-corrected chi connectivity index (χ3v) is 2.53. The molecule has 1 atom stereocenters. The lowest BCUT2D eigenvalue weighted by molar-refractivity contribution is 0.702. The van der Waals surface area contributed by atoms with Gasteiger partial charge in [0.25, 0.3) is 0 Å². The summed E-state index contributed by atoms with van der Waals surface area (Å²) in [7, 11) is 0. The molecule has 0 saturated carbocycles. The van der Waals surface area contributed by atoms with Crippen LogP contribution in [0.25, 0.3) is 0 Å². The number of thiocarbonyl (C=S) groups is 1. The van der Waals surface area contributed by atoms with E-state index in [0.29, 0.717) is 5.11 Å². The number of nitrogens with one attached hydrogen (secondary N) is 2. The van der Waals surface area contributed by atoms with E-state index < -0.39 is 0 Å². The van der Waals surface area contributed by atoms with E-state index in [1.54, 1.807) is 0 Å². The first-order chi connectivity index (χ1) is 7.13. The molecule has 82 valence electrons. The smallest absolute Gasteiger partial charge is 0.166 e. The van der Waals surface area contributed by atoms with E-state index in [-0.39, 0.29) is 6.04 Å². The van der Waals surface area contributed by atoms with Crippen LogP contribution < -0.4 is 10.6 Å². The third kappa shape index (κ3) is 4.06. The van der Waals surface area contributed by atoms with Crippen molar-refractivity contribution in [1.29, 1.82) is 0 Å². The van der Waals surface area contributed by atoms with Crippen LogP contribution in [0.15, 0.2) is 24.3 Å². The maximum Gasteiger partial charge on any atom is 0.166 e. The molecule has 0 radical (unpaired) electrons. The Bertz CT molecular complexity index is 341. The minimum atomic E-state index is 0.162. The summed E-state index contributed by atoms with van der Waals surface area (Å²) in [5.41, 5.74) is 1.13. The van der Waals surface area contributed by atoms with Crippen molar-refractivity contribution in [2.45, 2.75) is 19.9 Å². The molecule has 0 aromatic heterocycles. The van der Waals surface area contributed by atoms with Crippen molar-refractivity contribution >= 4 is 28.9 Å². The van der Waals surface area contributed by atoms with Gasteiger partial charge in [0.2, 0.25) is 0 Å². The Kier molecular flexibility index (Phi) is 4.85. The molecule has 0 spiro atoms. The van der Waals surface area contributed by atoms with Gasteiger partial charge < -0.3 is 10.6 Å². The fourth-order valence-corrected chi connectivity index (χ4v) is 1.79. The van der Waals surface area contributed by atoms with Gasteiger partial charge in [0.05, 0.1) is 6.04 Å². The number of rotatable bonds is 3. The number of halogens is 1. The van der Waals surface area contributed by atoms with Gasteiger partial charge in [0.15, 0.2) is 5.11 Å². The summed E-state index contributed by atoms with van der Waals surface area (Å²) in [6, 6.07) is 7.92. The lowest BCUT2D eigenvalue weighted by Gasteiger charge is -2.16. The molecule has 2 nitrogen and oxygen atoms in total. The largest absolute Gasteiger partial charge is 0.363 e. The molecule has 0 bridgehead atoms. The van der Waals surface area contributed by atoms with E-state index in [1.807, 2.05) is 31.2 Å². The Morgan fingerprint density at radius 1 is 1.53 bits per heavy atom. The topological polar surface area (TPSA) is 24.1 Å². The fourth-order valence-electron chi connectivity index (χ4n) is 1.27. The summed E-state index contributed by atoms with van der Waals surface area (Å²) in [5, 5.41) is 7.65. The van der Waals surface area contributed by atoms with Gasteiger partial charge >= 0.3 is 0 Å². The second kappa shape index (κ2) is 5.93. The quantitative estimate of drug-likeness (QED) is 0.798. The molecule has 15 heavy (non-hydrogen) atoms. The molecule has 0 amide bonds. The molecule has 0 saturated heterocycles. The molecule has 0 fully saturated rings. The summed E-state index contributed by atoms with van der Waals surface area (Å²) < 4.78 is 0. The maximum absolute atomic E-state index is 5.91. The number of hydrogen-bond acceptors (Lipinski definition) is 1. The Balaban J connectivity index is 2.60. The average molecular weight is 243 g/mol. The Morgan fingerprint density at radius 2 is 2.27 bits per heavy atom. The van der Waals surface area contributed by atoms with Crippen LogP contribution in [0.3, 0.4) is 0 Å². The summed E-state index contributed by atoms with van der Waals surface area (Å²) in [4.78, 5) is 0. The summed E-state index contributed by atoms with van der Waals surface area (Å²) >= 11 is 11.0. The van der Waals surface area contributed by atoms with E-state index in [9.17, 15) is 0 Å². The van der Waals surface area contributed by atoms with Crippen LogP contribution in [0, 0.1) is 0 Å². The first kappa shape index (κ1) is 12.3. The van der Waals surface area contributed by atoms with Crippen molar-refractivity contribution in [3.8, 4) is 0 Å². The first-order valence-corrected chi connectivity index (χ1v) is 5.72. The molecular formula is C11H15ClN2S. The van der Waals surface area contributed by atoms with E-state index in [0.717, 1.165) is 17.1 Å². The Morgan fingerprint density at radius 3 is 2.87 bits per heavy atom. The predicted octanol–water partition coefficient (Wildman–Crippen LogP) is 2.89. The van der Waals surface area contributed by atoms with E-state index in [4.69, 9.17) is 23.8 Å². The van der Waals surface area contributed by atoms with Crippen LogP contribution >= 0.6 is 23.8 Å². The van der Waals surface area contributed by atoms with Crippen molar-refractivity contribution < 1.29 is 0 Å². The molecule has 2 N–H and O–H groups in total. The van der Waals surface area contributed by atoms with Crippen molar-refractivity contribution in [2.75, 3.05) is 6.54 Å². The van der Waals surface area contributed by atoms with Gasteiger partial charge in [-0.2, -0.15) is 0 Å². The summed E-state index contributed by atoms with van der Waals surface area (Å²) in [6.07, 6.45) is 0. The van der Waals surface area contributed by atoms with Crippen LogP contribution in [-0.2, 0) is 0 Å². The van der Waals surface area contributed by atoms with Crippen LogP contribution in [-0.4, -0.2) is 11.7 Å². The molecule has 1 aromatic carbocycles. The number of benzene rings is 1. The molecule has 1 aromatic rings. The average Bonchev–Trinajstić information content (AvgIpc) is 2.18. The Labute approximate surface area is 101 Å². The fraction of sp³-hybridized carbons (Fsp3) is 0.364. The highest BCUT2D eigenvalue weighted by Crippen LogP contribution is 2.16. The normalized spacial score (nSPS) is 11.9. The number of hydrogen-bond donors (Lipinski definition) is 2. The van der Waals surface area contributed by atoms with Crippen LogP contribution in [0.4, 0.5) is 0 Å². The zero-order valence-corrected chi connectivity index (χ0v) is 10.5. The molecule has 4 heteroatoms. The van der Waals surface area contributed by atoms with Gasteiger partial charge in [-0.25, -0.2) is 0 Å². The van der Waals surface area contributed by atoms with E-state index in [1.165, 1.54) is 0 Å². The molecule has 1 rings (SSSR count). The van der Waals surface area contributed by atoms with Gasteiger partial charge in [-0.1, -0.05) is 23.7 Å². The molecule has 0 aliphatic heterocycles. The highest BCUT2D eigenvalue weighted by atomic mass is 35.5. The molecule has 0 heterocycles. The SMILES string of the molecule is CCNC(=S)NC(C)c1cccc(Cl)c1. The maximum atomic E-state index is 5.91. The minimum Gasteiger partial charge on any atom is -0.363 e. The van der Waals surface area contributed by atoms with E-state index in [2.05, 4.69) is 17.6 Å². The van der Waals surface area contributed by atoms with Gasteiger partial charge in [0, 0.05) is 11.6 Å². The van der Waals surface area contributed by atoms with Crippen LogP contribution in [0.5, 0.6) is 0 Å². The second-order valence-electron chi connectivity index (χ2n) is 3.28. The molecule has 0 aliphatic rings. The van der Waals surface area contributed by atoms with Crippen LogP contribution in [0.1, 0.15) is 25.5 Å². The molecular weight excluding hydrogens is 228 g/mol.